The smallest absolute Gasteiger partial charge is 0.416 e. The van der Waals surface area contributed by atoms with Gasteiger partial charge >= 0.3 is 12.1 Å². The summed E-state index contributed by atoms with van der Waals surface area (Å²) in [7, 11) is 0. The largest absolute Gasteiger partial charge is 0.480 e. The standard InChI is InChI=1S/C17H13BrF3NO3/c18-13-6-4-10(5-7-13)8-14(16(24)25)22-15(23)11-2-1-3-12(9-11)17(19,20)21/h1-7,9,14H,8H2,(H,22,23)(H,24,25)/t14-/m1/s1. The maximum atomic E-state index is 12.7. The van der Waals surface area contributed by atoms with Crippen LogP contribution < -0.4 is 5.32 Å². The van der Waals surface area contributed by atoms with E-state index in [4.69, 9.17) is 0 Å². The molecule has 2 aromatic carbocycles. The fourth-order valence-electron chi connectivity index (χ4n) is 2.13. The Balaban J connectivity index is 2.15. The summed E-state index contributed by atoms with van der Waals surface area (Å²) in [4.78, 5) is 23.5. The minimum atomic E-state index is -4.58. The van der Waals surface area contributed by atoms with Crippen molar-refractivity contribution in [3.05, 3.63) is 69.7 Å². The average Bonchev–Trinajstić information content (AvgIpc) is 2.55. The number of benzene rings is 2. The number of carboxylic acid groups (broad SMARTS) is 1. The zero-order chi connectivity index (χ0) is 18.6. The molecule has 0 aliphatic rings. The van der Waals surface area contributed by atoms with Gasteiger partial charge in [-0.2, -0.15) is 13.2 Å². The third-order valence-electron chi connectivity index (χ3n) is 3.41. The van der Waals surface area contributed by atoms with Crippen LogP contribution in [0.3, 0.4) is 0 Å². The topological polar surface area (TPSA) is 66.4 Å². The zero-order valence-corrected chi connectivity index (χ0v) is 14.3. The van der Waals surface area contributed by atoms with Crippen molar-refractivity contribution in [2.75, 3.05) is 0 Å². The number of aliphatic carboxylic acids is 1. The van der Waals surface area contributed by atoms with Gasteiger partial charge in [0, 0.05) is 16.5 Å². The minimum absolute atomic E-state index is 0.00726. The van der Waals surface area contributed by atoms with Gasteiger partial charge in [-0.15, -0.1) is 0 Å². The first-order chi connectivity index (χ1) is 11.7. The van der Waals surface area contributed by atoms with Crippen LogP contribution in [0.5, 0.6) is 0 Å². The van der Waals surface area contributed by atoms with Gasteiger partial charge in [0.05, 0.1) is 5.56 Å². The summed E-state index contributed by atoms with van der Waals surface area (Å²) in [6.07, 6.45) is -4.58. The maximum absolute atomic E-state index is 12.7. The van der Waals surface area contributed by atoms with Crippen molar-refractivity contribution in [3.63, 3.8) is 0 Å². The minimum Gasteiger partial charge on any atom is -0.480 e. The van der Waals surface area contributed by atoms with E-state index in [9.17, 15) is 27.9 Å². The molecule has 0 aliphatic carbocycles. The van der Waals surface area contributed by atoms with Crippen molar-refractivity contribution in [2.24, 2.45) is 0 Å². The number of nitrogens with one attached hydrogen (secondary N) is 1. The fraction of sp³-hybridized carbons (Fsp3) is 0.176. The summed E-state index contributed by atoms with van der Waals surface area (Å²) >= 11 is 3.26. The number of halogens is 4. The van der Waals surface area contributed by atoms with Crippen LogP contribution in [0.2, 0.25) is 0 Å². The van der Waals surface area contributed by atoms with Gasteiger partial charge in [0.15, 0.2) is 0 Å². The molecule has 2 aromatic rings. The monoisotopic (exact) mass is 415 g/mol. The normalized spacial score (nSPS) is 12.5. The molecule has 0 unspecified atom stereocenters. The van der Waals surface area contributed by atoms with E-state index in [0.29, 0.717) is 11.6 Å². The van der Waals surface area contributed by atoms with Crippen molar-refractivity contribution in [2.45, 2.75) is 18.6 Å². The highest BCUT2D eigenvalue weighted by Crippen LogP contribution is 2.29. The maximum Gasteiger partial charge on any atom is 0.416 e. The van der Waals surface area contributed by atoms with Crippen molar-refractivity contribution < 1.29 is 27.9 Å². The van der Waals surface area contributed by atoms with Crippen molar-refractivity contribution in [3.8, 4) is 0 Å². The van der Waals surface area contributed by atoms with Crippen LogP contribution in [-0.4, -0.2) is 23.0 Å². The molecule has 25 heavy (non-hydrogen) atoms. The summed E-state index contributed by atoms with van der Waals surface area (Å²) < 4.78 is 39.0. The van der Waals surface area contributed by atoms with Crippen LogP contribution in [0.1, 0.15) is 21.5 Å². The number of hydrogen-bond acceptors (Lipinski definition) is 2. The Morgan fingerprint density at radius 2 is 1.76 bits per heavy atom. The fourth-order valence-corrected chi connectivity index (χ4v) is 2.40. The third-order valence-corrected chi connectivity index (χ3v) is 3.94. The van der Waals surface area contributed by atoms with Crippen LogP contribution in [0.25, 0.3) is 0 Å². The lowest BCUT2D eigenvalue weighted by atomic mass is 10.0. The van der Waals surface area contributed by atoms with Gasteiger partial charge < -0.3 is 10.4 Å². The summed E-state index contributed by atoms with van der Waals surface area (Å²) in [5.41, 5.74) is -0.559. The number of carbonyl (C=O) groups is 2. The first-order valence-electron chi connectivity index (χ1n) is 7.12. The molecule has 4 nitrogen and oxygen atoms in total. The van der Waals surface area contributed by atoms with Crippen molar-refractivity contribution >= 4 is 27.8 Å². The highest BCUT2D eigenvalue weighted by molar-refractivity contribution is 9.10. The van der Waals surface area contributed by atoms with Gasteiger partial charge in [-0.25, -0.2) is 4.79 Å². The molecule has 0 aromatic heterocycles. The van der Waals surface area contributed by atoms with Gasteiger partial charge in [0.1, 0.15) is 6.04 Å². The number of hydrogen-bond donors (Lipinski definition) is 2. The summed E-state index contributed by atoms with van der Waals surface area (Å²) in [5, 5.41) is 11.5. The summed E-state index contributed by atoms with van der Waals surface area (Å²) in [6.45, 7) is 0. The number of carbonyl (C=O) groups excluding carboxylic acids is 1. The molecule has 0 heterocycles. The molecule has 0 saturated heterocycles. The average molecular weight is 416 g/mol. The molecule has 1 atom stereocenters. The van der Waals surface area contributed by atoms with E-state index in [1.165, 1.54) is 6.07 Å². The number of carboxylic acids is 1. The molecule has 8 heteroatoms. The van der Waals surface area contributed by atoms with Gasteiger partial charge in [-0.05, 0) is 35.9 Å². The van der Waals surface area contributed by atoms with Gasteiger partial charge in [0.2, 0.25) is 0 Å². The van der Waals surface area contributed by atoms with E-state index in [-0.39, 0.29) is 12.0 Å². The molecular weight excluding hydrogens is 403 g/mol. The molecular formula is C17H13BrF3NO3. The Labute approximate surface area is 149 Å². The van der Waals surface area contributed by atoms with Crippen LogP contribution in [-0.2, 0) is 17.4 Å². The molecule has 132 valence electrons. The van der Waals surface area contributed by atoms with Gasteiger partial charge in [-0.3, -0.25) is 4.79 Å². The van der Waals surface area contributed by atoms with E-state index in [0.717, 1.165) is 16.6 Å². The van der Waals surface area contributed by atoms with Crippen LogP contribution >= 0.6 is 15.9 Å². The van der Waals surface area contributed by atoms with Crippen LogP contribution in [0, 0.1) is 0 Å². The lowest BCUT2D eigenvalue weighted by Crippen LogP contribution is -2.42. The lowest BCUT2D eigenvalue weighted by molar-refractivity contribution is -0.139. The van der Waals surface area contributed by atoms with E-state index in [2.05, 4.69) is 21.2 Å². The Morgan fingerprint density at radius 3 is 2.32 bits per heavy atom. The molecule has 0 aliphatic heterocycles. The van der Waals surface area contributed by atoms with Crippen molar-refractivity contribution in [1.82, 2.24) is 5.32 Å². The number of amides is 1. The Morgan fingerprint density at radius 1 is 1.12 bits per heavy atom. The number of rotatable bonds is 5. The molecule has 0 spiro atoms. The molecule has 2 N–H and O–H groups in total. The highest BCUT2D eigenvalue weighted by Gasteiger charge is 2.31. The Hall–Kier alpha value is -2.35. The predicted molar refractivity (Wildman–Crippen MR) is 88.2 cm³/mol. The molecule has 0 radical (unpaired) electrons. The Kier molecular flexibility index (Phi) is 5.84. The quantitative estimate of drug-likeness (QED) is 0.778. The van der Waals surface area contributed by atoms with Crippen molar-refractivity contribution in [1.29, 1.82) is 0 Å². The van der Waals surface area contributed by atoms with Gasteiger partial charge in [0.25, 0.3) is 5.91 Å². The SMILES string of the molecule is O=C(N[C@H](Cc1ccc(Br)cc1)C(=O)O)c1cccc(C(F)(F)F)c1. The van der Waals surface area contributed by atoms with E-state index in [1.807, 2.05) is 0 Å². The second kappa shape index (κ2) is 7.69. The second-order valence-corrected chi connectivity index (χ2v) is 6.19. The summed E-state index contributed by atoms with van der Waals surface area (Å²) in [5.74, 6) is -2.15. The predicted octanol–water partition coefficient (Wildman–Crippen LogP) is 3.89. The number of alkyl halides is 3. The molecule has 1 amide bonds. The second-order valence-electron chi connectivity index (χ2n) is 5.27. The zero-order valence-electron chi connectivity index (χ0n) is 12.7. The Bertz CT molecular complexity index is 775. The molecule has 2 rings (SSSR count). The molecule has 0 fully saturated rings. The summed E-state index contributed by atoms with van der Waals surface area (Å²) in [6, 6.07) is 9.40. The van der Waals surface area contributed by atoms with Gasteiger partial charge in [-0.1, -0.05) is 34.1 Å². The molecule has 0 bridgehead atoms. The van der Waals surface area contributed by atoms with E-state index < -0.39 is 29.7 Å². The van der Waals surface area contributed by atoms with Crippen LogP contribution in [0.15, 0.2) is 53.0 Å². The lowest BCUT2D eigenvalue weighted by Gasteiger charge is -2.15. The third kappa shape index (κ3) is 5.32. The highest BCUT2D eigenvalue weighted by atomic mass is 79.9. The van der Waals surface area contributed by atoms with Crippen LogP contribution in [0.4, 0.5) is 13.2 Å². The van der Waals surface area contributed by atoms with E-state index >= 15 is 0 Å². The first kappa shape index (κ1) is 19.0. The first-order valence-corrected chi connectivity index (χ1v) is 7.91. The molecule has 0 saturated carbocycles. The van der Waals surface area contributed by atoms with E-state index in [1.54, 1.807) is 24.3 Å².